The van der Waals surface area contributed by atoms with E-state index in [1.54, 1.807) is 19.1 Å². The fourth-order valence-electron chi connectivity index (χ4n) is 1.46. The molecule has 0 aliphatic heterocycles. The van der Waals surface area contributed by atoms with Gasteiger partial charge in [0, 0.05) is 17.3 Å². The molecule has 0 unspecified atom stereocenters. The predicted octanol–water partition coefficient (Wildman–Crippen LogP) is 3.92. The lowest BCUT2D eigenvalue weighted by atomic mass is 10.2. The van der Waals surface area contributed by atoms with Gasteiger partial charge in [0.2, 0.25) is 0 Å². The second kappa shape index (κ2) is 6.98. The Labute approximate surface area is 115 Å². The maximum absolute atomic E-state index is 12.0. The van der Waals surface area contributed by atoms with Gasteiger partial charge in [-0.15, -0.1) is 0 Å². The van der Waals surface area contributed by atoms with Gasteiger partial charge in [0.1, 0.15) is 5.75 Å². The number of amides is 1. The van der Waals surface area contributed by atoms with Crippen molar-refractivity contribution in [1.82, 2.24) is 0 Å². The number of alkyl halides is 3. The summed E-state index contributed by atoms with van der Waals surface area (Å²) in [5.41, 5.74) is 0.938. The van der Waals surface area contributed by atoms with Crippen molar-refractivity contribution in [3.05, 3.63) is 35.9 Å². The zero-order valence-corrected chi connectivity index (χ0v) is 11.3. The SMILES string of the molecule is CC/C=C(/C)C(=O)Nc1cccc(OCC(F)(F)F)c1. The van der Waals surface area contributed by atoms with Crippen molar-refractivity contribution in [1.29, 1.82) is 0 Å². The summed E-state index contributed by atoms with van der Waals surface area (Å²) in [6.07, 6.45) is -1.90. The number of hydrogen-bond donors (Lipinski definition) is 1. The lowest BCUT2D eigenvalue weighted by Crippen LogP contribution is -2.19. The monoisotopic (exact) mass is 287 g/mol. The Kier molecular flexibility index (Phi) is 5.61. The summed E-state index contributed by atoms with van der Waals surface area (Å²) in [4.78, 5) is 11.7. The van der Waals surface area contributed by atoms with E-state index < -0.39 is 12.8 Å². The summed E-state index contributed by atoms with van der Waals surface area (Å²) in [5, 5.41) is 2.60. The number of allylic oxidation sites excluding steroid dienone is 1. The van der Waals surface area contributed by atoms with Crippen LogP contribution in [0.3, 0.4) is 0 Å². The highest BCUT2D eigenvalue weighted by atomic mass is 19.4. The number of carbonyl (C=O) groups is 1. The molecule has 0 radical (unpaired) electrons. The van der Waals surface area contributed by atoms with E-state index in [0.717, 1.165) is 6.42 Å². The number of anilines is 1. The predicted molar refractivity (Wildman–Crippen MR) is 70.7 cm³/mol. The van der Waals surface area contributed by atoms with Crippen LogP contribution in [0.15, 0.2) is 35.9 Å². The minimum absolute atomic E-state index is 0.0530. The first-order valence-corrected chi connectivity index (χ1v) is 6.09. The van der Waals surface area contributed by atoms with Gasteiger partial charge in [0.15, 0.2) is 6.61 Å². The second-order valence-electron chi connectivity index (χ2n) is 4.18. The summed E-state index contributed by atoms with van der Waals surface area (Å²) in [6, 6.07) is 5.84. The van der Waals surface area contributed by atoms with Gasteiger partial charge in [-0.25, -0.2) is 0 Å². The highest BCUT2D eigenvalue weighted by Gasteiger charge is 2.28. The van der Waals surface area contributed by atoms with E-state index in [-0.39, 0.29) is 11.7 Å². The minimum Gasteiger partial charge on any atom is -0.484 e. The van der Waals surface area contributed by atoms with Gasteiger partial charge in [-0.3, -0.25) is 4.79 Å². The van der Waals surface area contributed by atoms with Gasteiger partial charge in [-0.1, -0.05) is 19.1 Å². The van der Waals surface area contributed by atoms with Crippen molar-refractivity contribution in [3.8, 4) is 5.75 Å². The van der Waals surface area contributed by atoms with E-state index in [2.05, 4.69) is 10.1 Å². The van der Waals surface area contributed by atoms with Crippen LogP contribution in [-0.4, -0.2) is 18.7 Å². The zero-order chi connectivity index (χ0) is 15.2. The Balaban J connectivity index is 2.69. The maximum atomic E-state index is 12.0. The molecule has 0 heterocycles. The van der Waals surface area contributed by atoms with E-state index >= 15 is 0 Å². The molecule has 0 aromatic heterocycles. The van der Waals surface area contributed by atoms with Gasteiger partial charge in [-0.05, 0) is 25.5 Å². The van der Waals surface area contributed by atoms with Crippen LogP contribution in [0, 0.1) is 0 Å². The molecule has 1 aromatic carbocycles. The van der Waals surface area contributed by atoms with E-state index in [0.29, 0.717) is 11.3 Å². The molecule has 0 aliphatic rings. The van der Waals surface area contributed by atoms with Crippen molar-refractivity contribution in [2.75, 3.05) is 11.9 Å². The lowest BCUT2D eigenvalue weighted by molar-refractivity contribution is -0.153. The van der Waals surface area contributed by atoms with Crippen LogP contribution in [0.25, 0.3) is 0 Å². The average Bonchev–Trinajstić information content (AvgIpc) is 2.36. The summed E-state index contributed by atoms with van der Waals surface area (Å²) < 4.78 is 40.7. The molecule has 1 rings (SSSR count). The minimum atomic E-state index is -4.39. The Morgan fingerprint density at radius 3 is 2.70 bits per heavy atom. The Morgan fingerprint density at radius 1 is 1.40 bits per heavy atom. The average molecular weight is 287 g/mol. The van der Waals surface area contributed by atoms with Gasteiger partial charge < -0.3 is 10.1 Å². The number of nitrogens with one attached hydrogen (secondary N) is 1. The third kappa shape index (κ3) is 5.77. The number of hydrogen-bond acceptors (Lipinski definition) is 2. The molecule has 0 atom stereocenters. The molecule has 0 saturated heterocycles. The molecule has 0 spiro atoms. The molecule has 110 valence electrons. The van der Waals surface area contributed by atoms with E-state index in [1.165, 1.54) is 18.2 Å². The fourth-order valence-corrected chi connectivity index (χ4v) is 1.46. The van der Waals surface area contributed by atoms with Gasteiger partial charge >= 0.3 is 6.18 Å². The van der Waals surface area contributed by atoms with Crippen molar-refractivity contribution < 1.29 is 22.7 Å². The molecule has 0 bridgehead atoms. The third-order valence-electron chi connectivity index (χ3n) is 2.36. The first-order chi connectivity index (χ1) is 9.31. The highest BCUT2D eigenvalue weighted by molar-refractivity contribution is 6.03. The summed E-state index contributed by atoms with van der Waals surface area (Å²) >= 11 is 0. The topological polar surface area (TPSA) is 38.3 Å². The van der Waals surface area contributed by atoms with Crippen LogP contribution in [0.2, 0.25) is 0 Å². The Bertz CT molecular complexity index is 495. The van der Waals surface area contributed by atoms with Crippen LogP contribution in [0.1, 0.15) is 20.3 Å². The first kappa shape index (κ1) is 16.1. The lowest BCUT2D eigenvalue weighted by Gasteiger charge is -2.11. The quantitative estimate of drug-likeness (QED) is 0.833. The number of carbonyl (C=O) groups excluding carboxylic acids is 1. The highest BCUT2D eigenvalue weighted by Crippen LogP contribution is 2.21. The summed E-state index contributed by atoms with van der Waals surface area (Å²) in [7, 11) is 0. The number of benzene rings is 1. The van der Waals surface area contributed by atoms with Gasteiger partial charge in [-0.2, -0.15) is 13.2 Å². The molecular formula is C14H16F3NO2. The van der Waals surface area contributed by atoms with E-state index in [1.807, 2.05) is 6.92 Å². The van der Waals surface area contributed by atoms with Crippen LogP contribution in [-0.2, 0) is 4.79 Å². The van der Waals surface area contributed by atoms with E-state index in [4.69, 9.17) is 0 Å². The molecule has 0 fully saturated rings. The molecule has 20 heavy (non-hydrogen) atoms. The molecule has 1 aromatic rings. The normalized spacial score (nSPS) is 12.2. The van der Waals surface area contributed by atoms with Crippen LogP contribution in [0.5, 0.6) is 5.75 Å². The Hall–Kier alpha value is -1.98. The smallest absolute Gasteiger partial charge is 0.422 e. The molecule has 3 nitrogen and oxygen atoms in total. The molecule has 6 heteroatoms. The molecular weight excluding hydrogens is 271 g/mol. The molecule has 1 amide bonds. The Morgan fingerprint density at radius 2 is 2.10 bits per heavy atom. The fraction of sp³-hybridized carbons (Fsp3) is 0.357. The van der Waals surface area contributed by atoms with Crippen molar-refractivity contribution in [2.24, 2.45) is 0 Å². The van der Waals surface area contributed by atoms with Crippen LogP contribution < -0.4 is 10.1 Å². The number of rotatable bonds is 5. The summed E-state index contributed by atoms with van der Waals surface area (Å²) in [5.74, 6) is -0.239. The maximum Gasteiger partial charge on any atom is 0.422 e. The molecule has 0 saturated carbocycles. The zero-order valence-electron chi connectivity index (χ0n) is 11.3. The standard InChI is InChI=1S/C14H16F3NO2/c1-3-5-10(2)13(19)18-11-6-4-7-12(8-11)20-9-14(15,16)17/h4-8H,3,9H2,1-2H3,(H,18,19)/b10-5-. The third-order valence-corrected chi connectivity index (χ3v) is 2.36. The molecule has 0 aliphatic carbocycles. The van der Waals surface area contributed by atoms with Crippen molar-refractivity contribution in [2.45, 2.75) is 26.4 Å². The van der Waals surface area contributed by atoms with Gasteiger partial charge in [0.25, 0.3) is 5.91 Å². The number of ether oxygens (including phenoxy) is 1. The second-order valence-corrected chi connectivity index (χ2v) is 4.18. The van der Waals surface area contributed by atoms with Crippen LogP contribution >= 0.6 is 0 Å². The largest absolute Gasteiger partial charge is 0.484 e. The van der Waals surface area contributed by atoms with Crippen LogP contribution in [0.4, 0.5) is 18.9 Å². The van der Waals surface area contributed by atoms with E-state index in [9.17, 15) is 18.0 Å². The number of halogens is 3. The van der Waals surface area contributed by atoms with Gasteiger partial charge in [0.05, 0.1) is 0 Å². The molecule has 1 N–H and O–H groups in total. The van der Waals surface area contributed by atoms with Crippen molar-refractivity contribution >= 4 is 11.6 Å². The first-order valence-electron chi connectivity index (χ1n) is 6.09. The van der Waals surface area contributed by atoms with Crippen molar-refractivity contribution in [3.63, 3.8) is 0 Å². The summed E-state index contributed by atoms with van der Waals surface area (Å²) in [6.45, 7) is 2.21.